The van der Waals surface area contributed by atoms with E-state index in [1.165, 1.54) is 5.56 Å². The fraction of sp³-hybridized carbons (Fsp3) is 0.348. The number of unbranched alkanes of at least 4 members (excludes halogenated alkanes) is 1. The minimum absolute atomic E-state index is 0.754. The van der Waals surface area contributed by atoms with Crippen LogP contribution in [0.25, 0.3) is 0 Å². The van der Waals surface area contributed by atoms with E-state index in [4.69, 9.17) is 4.74 Å². The summed E-state index contributed by atoms with van der Waals surface area (Å²) < 4.78 is 8.67. The zero-order valence-electron chi connectivity index (χ0n) is 17.4. The molecule has 158 valence electrons. The number of rotatable bonds is 11. The van der Waals surface area contributed by atoms with Gasteiger partial charge in [-0.3, -0.25) is 0 Å². The van der Waals surface area contributed by atoms with Gasteiger partial charge in [0.2, 0.25) is 5.16 Å². The fourth-order valence-corrected chi connectivity index (χ4v) is 3.84. The molecular formula is C23H27BrN4OS. The minimum atomic E-state index is 0.754. The average Bonchev–Trinajstić information content (AvgIpc) is 3.15. The first kappa shape index (κ1) is 22.6. The Bertz CT molecular complexity index is 939. The quantitative estimate of drug-likeness (QED) is 0.180. The highest BCUT2D eigenvalue weighted by Gasteiger charge is 2.11. The number of hydrogen-bond acceptors (Lipinski definition) is 5. The zero-order chi connectivity index (χ0) is 21.2. The lowest BCUT2D eigenvalue weighted by molar-refractivity contribution is 0.309. The molecule has 0 fully saturated rings. The summed E-state index contributed by atoms with van der Waals surface area (Å²) in [5.74, 6) is 2.59. The summed E-state index contributed by atoms with van der Waals surface area (Å²) in [6, 6.07) is 16.3. The van der Waals surface area contributed by atoms with E-state index < -0.39 is 0 Å². The zero-order valence-corrected chi connectivity index (χ0v) is 19.8. The lowest BCUT2D eigenvalue weighted by Crippen LogP contribution is -2.00. The lowest BCUT2D eigenvalue weighted by Gasteiger charge is -2.06. The fourth-order valence-electron chi connectivity index (χ4n) is 2.72. The number of aryl methyl sites for hydroxylation is 1. The summed E-state index contributed by atoms with van der Waals surface area (Å²) in [5, 5.41) is 14.2. The third-order valence-corrected chi connectivity index (χ3v) is 5.92. The van der Waals surface area contributed by atoms with Crippen molar-refractivity contribution in [3.05, 3.63) is 70.0 Å². The van der Waals surface area contributed by atoms with Crippen LogP contribution in [0, 0.1) is 0 Å². The van der Waals surface area contributed by atoms with E-state index in [0.29, 0.717) is 0 Å². The number of thioether (sulfide) groups is 1. The van der Waals surface area contributed by atoms with Gasteiger partial charge in [-0.25, -0.2) is 0 Å². The van der Waals surface area contributed by atoms with E-state index in [-0.39, 0.29) is 0 Å². The van der Waals surface area contributed by atoms with E-state index >= 15 is 0 Å². The van der Waals surface area contributed by atoms with Crippen LogP contribution in [0.1, 0.15) is 50.1 Å². The number of aromatic nitrogens is 3. The maximum Gasteiger partial charge on any atom is 0.212 e. The first-order valence-corrected chi connectivity index (χ1v) is 12.1. The van der Waals surface area contributed by atoms with Crippen molar-refractivity contribution in [2.24, 2.45) is 5.10 Å². The van der Waals surface area contributed by atoms with Crippen molar-refractivity contribution in [2.75, 3.05) is 6.61 Å². The van der Waals surface area contributed by atoms with Crippen LogP contribution in [0.4, 0.5) is 0 Å². The molecule has 30 heavy (non-hydrogen) atoms. The van der Waals surface area contributed by atoms with Crippen LogP contribution in [-0.4, -0.2) is 27.7 Å². The van der Waals surface area contributed by atoms with Gasteiger partial charge in [-0.2, -0.15) is 9.78 Å². The monoisotopic (exact) mass is 486 g/mol. The molecule has 1 aromatic heterocycles. The summed E-state index contributed by atoms with van der Waals surface area (Å²) in [6.07, 6.45) is 5.88. The number of nitrogens with zero attached hydrogens (tertiary/aromatic N) is 4. The van der Waals surface area contributed by atoms with E-state index in [1.807, 2.05) is 35.2 Å². The van der Waals surface area contributed by atoms with Gasteiger partial charge in [0.1, 0.15) is 5.75 Å². The predicted octanol–water partition coefficient (Wildman–Crippen LogP) is 6.35. The Morgan fingerprint density at radius 3 is 2.50 bits per heavy atom. The molecule has 3 rings (SSSR count). The average molecular weight is 487 g/mol. The molecule has 0 amide bonds. The van der Waals surface area contributed by atoms with Gasteiger partial charge in [-0.05, 0) is 60.4 Å². The maximum absolute atomic E-state index is 5.73. The number of benzene rings is 2. The van der Waals surface area contributed by atoms with Crippen LogP contribution in [0.2, 0.25) is 0 Å². The molecule has 0 aliphatic heterocycles. The van der Waals surface area contributed by atoms with Gasteiger partial charge in [0, 0.05) is 16.6 Å². The highest BCUT2D eigenvalue weighted by atomic mass is 79.9. The van der Waals surface area contributed by atoms with Crippen molar-refractivity contribution in [3.8, 4) is 5.75 Å². The van der Waals surface area contributed by atoms with Gasteiger partial charge < -0.3 is 4.74 Å². The third kappa shape index (κ3) is 6.71. The third-order valence-electron chi connectivity index (χ3n) is 4.40. The minimum Gasteiger partial charge on any atom is -0.494 e. The summed E-state index contributed by atoms with van der Waals surface area (Å²) >= 11 is 5.12. The molecule has 0 unspecified atom stereocenters. The Kier molecular flexibility index (Phi) is 8.96. The number of hydrogen-bond donors (Lipinski definition) is 0. The van der Waals surface area contributed by atoms with Gasteiger partial charge in [0.05, 0.1) is 12.8 Å². The second kappa shape index (κ2) is 11.9. The standard InChI is InChI=1S/C23H27BrN4OS/c1-3-5-15-29-21-13-9-18(10-14-21)16-25-28-22(6-4-2)26-27-23(28)30-17-19-7-11-20(24)12-8-19/h7-14,16H,3-6,15,17H2,1-2H3. The van der Waals surface area contributed by atoms with Crippen LogP contribution in [0.15, 0.2) is 63.3 Å². The normalized spacial score (nSPS) is 11.3. The second-order valence-corrected chi connectivity index (χ2v) is 8.75. The smallest absolute Gasteiger partial charge is 0.212 e. The molecule has 0 N–H and O–H groups in total. The number of ether oxygens (including phenoxy) is 1. The van der Waals surface area contributed by atoms with Crippen molar-refractivity contribution in [1.82, 2.24) is 14.9 Å². The molecule has 1 heterocycles. The summed E-state index contributed by atoms with van der Waals surface area (Å²) in [7, 11) is 0. The molecule has 2 aromatic carbocycles. The molecule has 0 radical (unpaired) electrons. The summed E-state index contributed by atoms with van der Waals surface area (Å²) in [6.45, 7) is 5.05. The van der Waals surface area contributed by atoms with Gasteiger partial charge in [0.25, 0.3) is 0 Å². The SMILES string of the molecule is CCCCOc1ccc(C=Nn2c(CCC)nnc2SCc2ccc(Br)cc2)cc1. The molecule has 0 spiro atoms. The van der Waals surface area contributed by atoms with E-state index in [2.05, 4.69) is 69.3 Å². The van der Waals surface area contributed by atoms with Crippen molar-refractivity contribution in [2.45, 2.75) is 50.4 Å². The Hall–Kier alpha value is -2.12. The highest BCUT2D eigenvalue weighted by Crippen LogP contribution is 2.23. The summed E-state index contributed by atoms with van der Waals surface area (Å²) in [5.41, 5.74) is 2.25. The Morgan fingerprint density at radius 2 is 1.80 bits per heavy atom. The molecule has 0 saturated carbocycles. The van der Waals surface area contributed by atoms with Gasteiger partial charge in [0.15, 0.2) is 5.82 Å². The van der Waals surface area contributed by atoms with Crippen molar-refractivity contribution in [3.63, 3.8) is 0 Å². The summed E-state index contributed by atoms with van der Waals surface area (Å²) in [4.78, 5) is 0. The van der Waals surface area contributed by atoms with E-state index in [9.17, 15) is 0 Å². The second-order valence-electron chi connectivity index (χ2n) is 6.89. The Balaban J connectivity index is 1.70. The van der Waals surface area contributed by atoms with Gasteiger partial charge in [-0.15, -0.1) is 10.2 Å². The van der Waals surface area contributed by atoms with Crippen LogP contribution >= 0.6 is 27.7 Å². The molecule has 0 aliphatic carbocycles. The van der Waals surface area contributed by atoms with Crippen molar-refractivity contribution >= 4 is 33.9 Å². The predicted molar refractivity (Wildman–Crippen MR) is 128 cm³/mol. The molecule has 0 bridgehead atoms. The van der Waals surface area contributed by atoms with Crippen LogP contribution in [-0.2, 0) is 12.2 Å². The van der Waals surface area contributed by atoms with Crippen LogP contribution in [0.3, 0.4) is 0 Å². The topological polar surface area (TPSA) is 52.3 Å². The van der Waals surface area contributed by atoms with E-state index in [0.717, 1.165) is 64.8 Å². The van der Waals surface area contributed by atoms with Crippen LogP contribution < -0.4 is 4.74 Å². The van der Waals surface area contributed by atoms with E-state index in [1.54, 1.807) is 11.8 Å². The Morgan fingerprint density at radius 1 is 1.03 bits per heavy atom. The lowest BCUT2D eigenvalue weighted by atomic mass is 10.2. The molecule has 0 atom stereocenters. The van der Waals surface area contributed by atoms with Crippen molar-refractivity contribution in [1.29, 1.82) is 0 Å². The molecule has 0 saturated heterocycles. The molecular weight excluding hydrogens is 460 g/mol. The highest BCUT2D eigenvalue weighted by molar-refractivity contribution is 9.10. The molecule has 3 aromatic rings. The van der Waals surface area contributed by atoms with Crippen LogP contribution in [0.5, 0.6) is 5.75 Å². The maximum atomic E-state index is 5.73. The molecule has 7 heteroatoms. The largest absolute Gasteiger partial charge is 0.494 e. The van der Waals surface area contributed by atoms with Gasteiger partial charge in [-0.1, -0.05) is 60.1 Å². The Labute approximate surface area is 191 Å². The first-order valence-electron chi connectivity index (χ1n) is 10.3. The molecule has 0 aliphatic rings. The number of halogens is 1. The van der Waals surface area contributed by atoms with Crippen molar-refractivity contribution < 1.29 is 4.74 Å². The van der Waals surface area contributed by atoms with Gasteiger partial charge >= 0.3 is 0 Å². The first-order chi connectivity index (χ1) is 14.7. The molecule has 5 nitrogen and oxygen atoms in total.